The van der Waals surface area contributed by atoms with Gasteiger partial charge in [0.1, 0.15) is 0 Å². The van der Waals surface area contributed by atoms with E-state index in [0.29, 0.717) is 6.42 Å². The Balaban J connectivity index is 2.37. The Labute approximate surface area is 107 Å². The minimum absolute atomic E-state index is 0.0413. The van der Waals surface area contributed by atoms with Crippen LogP contribution in [-0.4, -0.2) is 16.2 Å². The summed E-state index contributed by atoms with van der Waals surface area (Å²) in [6.07, 6.45) is 0.0976. The first-order valence-corrected chi connectivity index (χ1v) is 6.33. The zero-order valence-electron chi connectivity index (χ0n) is 11.1. The summed E-state index contributed by atoms with van der Waals surface area (Å²) in [5, 5.41) is 18.9. The van der Waals surface area contributed by atoms with E-state index in [9.17, 15) is 9.90 Å². The summed E-state index contributed by atoms with van der Waals surface area (Å²) in [4.78, 5) is 10.8. The van der Waals surface area contributed by atoms with Gasteiger partial charge < -0.3 is 10.2 Å². The van der Waals surface area contributed by atoms with Gasteiger partial charge in [-0.2, -0.15) is 0 Å². The predicted octanol–water partition coefficient (Wildman–Crippen LogP) is 2.98. The fourth-order valence-corrected chi connectivity index (χ4v) is 2.63. The standard InChI is InChI=1S/C15H20O3/c1-15(2,3)10-4-5-11-9(7-14(17)18)6-13(16)12(11)8-10/h4-5,8-9,13,16H,6-7H2,1-3H3,(H,17,18). The van der Waals surface area contributed by atoms with E-state index in [0.717, 1.165) is 11.1 Å². The lowest BCUT2D eigenvalue weighted by atomic mass is 9.85. The van der Waals surface area contributed by atoms with Gasteiger partial charge in [-0.3, -0.25) is 4.79 Å². The fraction of sp³-hybridized carbons (Fsp3) is 0.533. The van der Waals surface area contributed by atoms with Gasteiger partial charge in [0.2, 0.25) is 0 Å². The number of aliphatic hydroxyl groups excluding tert-OH is 1. The maximum absolute atomic E-state index is 10.8. The van der Waals surface area contributed by atoms with Crippen molar-refractivity contribution in [2.75, 3.05) is 0 Å². The van der Waals surface area contributed by atoms with Crippen molar-refractivity contribution in [3.63, 3.8) is 0 Å². The molecule has 2 rings (SSSR count). The Bertz CT molecular complexity index is 471. The number of carboxylic acid groups (broad SMARTS) is 1. The number of carbonyl (C=O) groups is 1. The molecule has 0 amide bonds. The van der Waals surface area contributed by atoms with Crippen molar-refractivity contribution < 1.29 is 15.0 Å². The van der Waals surface area contributed by atoms with Gasteiger partial charge >= 0.3 is 5.97 Å². The third-order valence-electron chi connectivity index (χ3n) is 3.68. The van der Waals surface area contributed by atoms with Gasteiger partial charge in [-0.05, 0) is 34.4 Å². The highest BCUT2D eigenvalue weighted by molar-refractivity contribution is 5.68. The Morgan fingerprint density at radius 3 is 2.56 bits per heavy atom. The van der Waals surface area contributed by atoms with E-state index >= 15 is 0 Å². The molecule has 0 aliphatic heterocycles. The summed E-state index contributed by atoms with van der Waals surface area (Å²) in [7, 11) is 0. The largest absolute Gasteiger partial charge is 0.481 e. The molecule has 2 N–H and O–H groups in total. The number of benzene rings is 1. The second kappa shape index (κ2) is 4.39. The van der Waals surface area contributed by atoms with Gasteiger partial charge in [0, 0.05) is 0 Å². The first-order valence-electron chi connectivity index (χ1n) is 6.33. The van der Waals surface area contributed by atoms with E-state index in [1.165, 1.54) is 5.56 Å². The lowest BCUT2D eigenvalue weighted by Crippen LogP contribution is -2.12. The van der Waals surface area contributed by atoms with Gasteiger partial charge in [0.05, 0.1) is 12.5 Å². The van der Waals surface area contributed by atoms with E-state index in [1.807, 2.05) is 18.2 Å². The van der Waals surface area contributed by atoms with Crippen LogP contribution in [-0.2, 0) is 10.2 Å². The van der Waals surface area contributed by atoms with Crippen LogP contribution >= 0.6 is 0 Å². The molecule has 1 aliphatic carbocycles. The molecule has 3 heteroatoms. The Morgan fingerprint density at radius 2 is 2.00 bits per heavy atom. The fourth-order valence-electron chi connectivity index (χ4n) is 2.63. The van der Waals surface area contributed by atoms with Crippen molar-refractivity contribution in [1.29, 1.82) is 0 Å². The Morgan fingerprint density at radius 1 is 1.33 bits per heavy atom. The minimum atomic E-state index is -0.806. The molecular formula is C15H20O3. The molecule has 1 aliphatic rings. The van der Waals surface area contributed by atoms with Crippen LogP contribution in [0.2, 0.25) is 0 Å². The van der Waals surface area contributed by atoms with Gasteiger partial charge in [-0.25, -0.2) is 0 Å². The molecule has 0 bridgehead atoms. The summed E-state index contributed by atoms with van der Waals surface area (Å²) < 4.78 is 0. The lowest BCUT2D eigenvalue weighted by molar-refractivity contribution is -0.137. The van der Waals surface area contributed by atoms with E-state index < -0.39 is 12.1 Å². The second-order valence-electron chi connectivity index (χ2n) is 6.14. The molecule has 0 fully saturated rings. The molecule has 0 radical (unpaired) electrons. The van der Waals surface area contributed by atoms with Crippen molar-refractivity contribution in [1.82, 2.24) is 0 Å². The van der Waals surface area contributed by atoms with Crippen LogP contribution in [0.25, 0.3) is 0 Å². The summed E-state index contributed by atoms with van der Waals surface area (Å²) >= 11 is 0. The Hall–Kier alpha value is -1.35. The van der Waals surface area contributed by atoms with Crippen LogP contribution in [0.1, 0.15) is 62.3 Å². The van der Waals surface area contributed by atoms with Gasteiger partial charge in [-0.1, -0.05) is 39.0 Å². The van der Waals surface area contributed by atoms with E-state index in [2.05, 4.69) is 20.8 Å². The molecule has 18 heavy (non-hydrogen) atoms. The highest BCUT2D eigenvalue weighted by atomic mass is 16.4. The average molecular weight is 248 g/mol. The quantitative estimate of drug-likeness (QED) is 0.846. The molecule has 1 aromatic carbocycles. The number of aliphatic hydroxyl groups is 1. The predicted molar refractivity (Wildman–Crippen MR) is 69.7 cm³/mol. The highest BCUT2D eigenvalue weighted by Gasteiger charge is 2.32. The first-order chi connectivity index (χ1) is 8.29. The molecule has 0 spiro atoms. The van der Waals surface area contributed by atoms with Gasteiger partial charge in [0.25, 0.3) is 0 Å². The van der Waals surface area contributed by atoms with Crippen LogP contribution in [0.3, 0.4) is 0 Å². The molecule has 0 heterocycles. The van der Waals surface area contributed by atoms with Crippen LogP contribution in [0.4, 0.5) is 0 Å². The molecule has 98 valence electrons. The summed E-state index contributed by atoms with van der Waals surface area (Å²) in [5.41, 5.74) is 3.13. The number of fused-ring (bicyclic) bond motifs is 1. The zero-order chi connectivity index (χ0) is 13.5. The SMILES string of the molecule is CC(C)(C)c1ccc2c(c1)C(O)CC2CC(=O)O. The monoisotopic (exact) mass is 248 g/mol. The van der Waals surface area contributed by atoms with E-state index in [1.54, 1.807) is 0 Å². The molecule has 2 atom stereocenters. The molecule has 0 saturated heterocycles. The maximum atomic E-state index is 10.8. The lowest BCUT2D eigenvalue weighted by Gasteiger charge is -2.20. The second-order valence-corrected chi connectivity index (χ2v) is 6.14. The van der Waals surface area contributed by atoms with Crippen LogP contribution < -0.4 is 0 Å². The summed E-state index contributed by atoms with van der Waals surface area (Å²) in [5.74, 6) is -0.860. The number of rotatable bonds is 2. The zero-order valence-corrected chi connectivity index (χ0v) is 11.1. The van der Waals surface area contributed by atoms with E-state index in [-0.39, 0.29) is 17.8 Å². The van der Waals surface area contributed by atoms with Crippen molar-refractivity contribution in [2.24, 2.45) is 0 Å². The number of hydrogen-bond acceptors (Lipinski definition) is 2. The molecule has 2 unspecified atom stereocenters. The number of hydrogen-bond donors (Lipinski definition) is 2. The minimum Gasteiger partial charge on any atom is -0.481 e. The molecule has 0 aromatic heterocycles. The van der Waals surface area contributed by atoms with Gasteiger partial charge in [0.15, 0.2) is 0 Å². The van der Waals surface area contributed by atoms with Crippen LogP contribution in [0.15, 0.2) is 18.2 Å². The normalized spacial score (nSPS) is 22.9. The average Bonchev–Trinajstić information content (AvgIpc) is 2.53. The number of carboxylic acids is 1. The van der Waals surface area contributed by atoms with Crippen molar-refractivity contribution >= 4 is 5.97 Å². The van der Waals surface area contributed by atoms with Gasteiger partial charge in [-0.15, -0.1) is 0 Å². The molecular weight excluding hydrogens is 228 g/mol. The summed E-state index contributed by atoms with van der Waals surface area (Å²) in [6.45, 7) is 6.39. The molecule has 3 nitrogen and oxygen atoms in total. The third kappa shape index (κ3) is 2.41. The summed E-state index contributed by atoms with van der Waals surface area (Å²) in [6, 6.07) is 6.06. The van der Waals surface area contributed by atoms with Crippen molar-refractivity contribution in [3.8, 4) is 0 Å². The number of aliphatic carboxylic acids is 1. The van der Waals surface area contributed by atoms with Crippen molar-refractivity contribution in [2.45, 2.75) is 51.0 Å². The molecule has 0 saturated carbocycles. The smallest absolute Gasteiger partial charge is 0.303 e. The Kier molecular flexibility index (Phi) is 3.20. The third-order valence-corrected chi connectivity index (χ3v) is 3.68. The van der Waals surface area contributed by atoms with Crippen LogP contribution in [0, 0.1) is 0 Å². The van der Waals surface area contributed by atoms with Crippen molar-refractivity contribution in [3.05, 3.63) is 34.9 Å². The maximum Gasteiger partial charge on any atom is 0.303 e. The van der Waals surface area contributed by atoms with Crippen LogP contribution in [0.5, 0.6) is 0 Å². The van der Waals surface area contributed by atoms with E-state index in [4.69, 9.17) is 5.11 Å². The first kappa shape index (κ1) is 13.1. The molecule has 1 aromatic rings. The highest BCUT2D eigenvalue weighted by Crippen LogP contribution is 2.43. The topological polar surface area (TPSA) is 57.5 Å².